The molecule has 1 N–H and O–H groups in total. The summed E-state index contributed by atoms with van der Waals surface area (Å²) >= 11 is 6.23. The second-order valence-electron chi connectivity index (χ2n) is 6.35. The minimum Gasteiger partial charge on any atom is -0.271 e. The number of aryl methyl sites for hydroxylation is 1. The van der Waals surface area contributed by atoms with Gasteiger partial charge in [-0.25, -0.2) is 13.8 Å². The van der Waals surface area contributed by atoms with Crippen LogP contribution in [-0.2, 0) is 14.8 Å². The Bertz CT molecular complexity index is 1150. The molecule has 154 valence electrons. The Hall–Kier alpha value is -3.23. The van der Waals surface area contributed by atoms with Gasteiger partial charge >= 0.3 is 0 Å². The minimum absolute atomic E-state index is 0.0566. The molecule has 9 heteroatoms. The lowest BCUT2D eigenvalue weighted by Crippen LogP contribution is -2.39. The molecule has 2 aromatic carbocycles. The number of amides is 1. The van der Waals surface area contributed by atoms with Crippen LogP contribution in [0.15, 0.2) is 83.1 Å². The van der Waals surface area contributed by atoms with Crippen molar-refractivity contribution in [2.45, 2.75) is 11.8 Å². The lowest BCUT2D eigenvalue weighted by molar-refractivity contribution is -0.119. The number of sulfonamides is 1. The number of nitrogens with one attached hydrogen (secondary N) is 1. The van der Waals surface area contributed by atoms with E-state index in [1.165, 1.54) is 18.3 Å². The van der Waals surface area contributed by atoms with E-state index in [2.05, 4.69) is 15.5 Å². The van der Waals surface area contributed by atoms with Crippen LogP contribution in [-0.4, -0.2) is 32.1 Å². The standard InChI is InChI=1S/C21H19ClN4O3S/c1-16-6-8-18(9-7-16)30(28,29)26(20-5-3-2-4-19(20)22)15-21(27)25-24-14-17-10-12-23-13-11-17/h2-14H,15H2,1H3,(H,25,27)/b24-14+. The predicted molar refractivity (Wildman–Crippen MR) is 117 cm³/mol. The normalized spacial score (nSPS) is 11.4. The maximum absolute atomic E-state index is 13.3. The van der Waals surface area contributed by atoms with Crippen molar-refractivity contribution in [3.05, 3.63) is 89.2 Å². The topological polar surface area (TPSA) is 91.7 Å². The number of anilines is 1. The Kier molecular flexibility index (Phi) is 6.81. The van der Waals surface area contributed by atoms with Crippen LogP contribution in [0.2, 0.25) is 5.02 Å². The van der Waals surface area contributed by atoms with Gasteiger partial charge in [0.15, 0.2) is 0 Å². The number of nitrogens with zero attached hydrogens (tertiary/aromatic N) is 3. The molecular formula is C21H19ClN4O3S. The lowest BCUT2D eigenvalue weighted by Gasteiger charge is -2.24. The number of pyridine rings is 1. The number of hydrazone groups is 1. The summed E-state index contributed by atoms with van der Waals surface area (Å²) in [5.74, 6) is -0.615. The SMILES string of the molecule is Cc1ccc(S(=O)(=O)N(CC(=O)N/N=C/c2ccncc2)c2ccccc2Cl)cc1. The molecule has 1 heterocycles. The number of hydrogen-bond acceptors (Lipinski definition) is 5. The maximum Gasteiger partial charge on any atom is 0.264 e. The molecule has 3 rings (SSSR count). The van der Waals surface area contributed by atoms with E-state index in [4.69, 9.17) is 11.6 Å². The Balaban J connectivity index is 1.87. The van der Waals surface area contributed by atoms with Crippen molar-refractivity contribution in [3.8, 4) is 0 Å². The summed E-state index contributed by atoms with van der Waals surface area (Å²) in [4.78, 5) is 16.4. The van der Waals surface area contributed by atoms with Gasteiger partial charge in [-0.3, -0.25) is 14.1 Å². The fourth-order valence-electron chi connectivity index (χ4n) is 2.59. The summed E-state index contributed by atoms with van der Waals surface area (Å²) in [6, 6.07) is 16.2. The fourth-order valence-corrected chi connectivity index (χ4v) is 4.31. The van der Waals surface area contributed by atoms with Crippen LogP contribution < -0.4 is 9.73 Å². The first-order valence-electron chi connectivity index (χ1n) is 8.94. The van der Waals surface area contributed by atoms with Crippen molar-refractivity contribution >= 4 is 39.4 Å². The highest BCUT2D eigenvalue weighted by Crippen LogP contribution is 2.30. The van der Waals surface area contributed by atoms with E-state index in [0.717, 1.165) is 15.4 Å². The average Bonchev–Trinajstić information content (AvgIpc) is 2.74. The zero-order valence-corrected chi connectivity index (χ0v) is 17.6. The van der Waals surface area contributed by atoms with Gasteiger partial charge in [0, 0.05) is 12.4 Å². The summed E-state index contributed by atoms with van der Waals surface area (Å²) < 4.78 is 27.5. The fraction of sp³-hybridized carbons (Fsp3) is 0.0952. The van der Waals surface area contributed by atoms with Gasteiger partial charge in [-0.15, -0.1) is 0 Å². The van der Waals surface area contributed by atoms with Gasteiger partial charge < -0.3 is 0 Å². The first-order valence-corrected chi connectivity index (χ1v) is 10.8. The zero-order chi connectivity index (χ0) is 21.6. The van der Waals surface area contributed by atoms with Crippen LogP contribution in [0, 0.1) is 6.92 Å². The van der Waals surface area contributed by atoms with Crippen molar-refractivity contribution in [2.75, 3.05) is 10.8 Å². The highest BCUT2D eigenvalue weighted by molar-refractivity contribution is 7.92. The number of para-hydroxylation sites is 1. The number of hydrogen-bond donors (Lipinski definition) is 1. The van der Waals surface area contributed by atoms with E-state index in [1.54, 1.807) is 60.9 Å². The molecule has 7 nitrogen and oxygen atoms in total. The van der Waals surface area contributed by atoms with Crippen molar-refractivity contribution in [2.24, 2.45) is 5.10 Å². The number of benzene rings is 2. The van der Waals surface area contributed by atoms with Crippen molar-refractivity contribution in [1.29, 1.82) is 0 Å². The van der Waals surface area contributed by atoms with Gasteiger partial charge in [-0.2, -0.15) is 5.10 Å². The number of carbonyl (C=O) groups is 1. The van der Waals surface area contributed by atoms with E-state index in [1.807, 2.05) is 6.92 Å². The molecule has 1 amide bonds. The molecule has 30 heavy (non-hydrogen) atoms. The molecule has 0 fully saturated rings. The van der Waals surface area contributed by atoms with Gasteiger partial charge in [-0.1, -0.05) is 41.4 Å². The molecular weight excluding hydrogens is 424 g/mol. The zero-order valence-electron chi connectivity index (χ0n) is 16.1. The number of rotatable bonds is 7. The molecule has 0 saturated heterocycles. The van der Waals surface area contributed by atoms with Crippen molar-refractivity contribution < 1.29 is 13.2 Å². The highest BCUT2D eigenvalue weighted by atomic mass is 35.5. The third-order valence-corrected chi connectivity index (χ3v) is 6.22. The number of halogens is 1. The van der Waals surface area contributed by atoms with E-state index in [-0.39, 0.29) is 15.6 Å². The van der Waals surface area contributed by atoms with Crippen LogP contribution in [0.1, 0.15) is 11.1 Å². The van der Waals surface area contributed by atoms with Crippen LogP contribution in [0.3, 0.4) is 0 Å². The molecule has 0 bridgehead atoms. The molecule has 1 aromatic heterocycles. The molecule has 0 aliphatic heterocycles. The largest absolute Gasteiger partial charge is 0.271 e. The third-order valence-electron chi connectivity index (χ3n) is 4.13. The Morgan fingerprint density at radius 1 is 1.10 bits per heavy atom. The molecule has 0 aliphatic rings. The van der Waals surface area contributed by atoms with Crippen LogP contribution in [0.5, 0.6) is 0 Å². The van der Waals surface area contributed by atoms with Gasteiger partial charge in [0.25, 0.3) is 15.9 Å². The van der Waals surface area contributed by atoms with Crippen LogP contribution in [0.25, 0.3) is 0 Å². The van der Waals surface area contributed by atoms with E-state index in [0.29, 0.717) is 0 Å². The summed E-state index contributed by atoms with van der Waals surface area (Å²) in [5.41, 5.74) is 4.20. The van der Waals surface area contributed by atoms with E-state index >= 15 is 0 Å². The number of carbonyl (C=O) groups excluding carboxylic acids is 1. The lowest BCUT2D eigenvalue weighted by atomic mass is 10.2. The Morgan fingerprint density at radius 3 is 2.43 bits per heavy atom. The van der Waals surface area contributed by atoms with Gasteiger partial charge in [-0.05, 0) is 48.9 Å². The molecule has 0 unspecified atom stereocenters. The van der Waals surface area contributed by atoms with Crippen molar-refractivity contribution in [3.63, 3.8) is 0 Å². The molecule has 3 aromatic rings. The van der Waals surface area contributed by atoms with Crippen molar-refractivity contribution in [1.82, 2.24) is 10.4 Å². The van der Waals surface area contributed by atoms with E-state index in [9.17, 15) is 13.2 Å². The second-order valence-corrected chi connectivity index (χ2v) is 8.62. The van der Waals surface area contributed by atoms with E-state index < -0.39 is 22.5 Å². The first kappa shape index (κ1) is 21.5. The molecule has 0 aliphatic carbocycles. The monoisotopic (exact) mass is 442 g/mol. The second kappa shape index (κ2) is 9.51. The predicted octanol–water partition coefficient (Wildman–Crippen LogP) is 3.39. The van der Waals surface area contributed by atoms with Crippen LogP contribution >= 0.6 is 11.6 Å². The summed E-state index contributed by atoms with van der Waals surface area (Å²) in [6.07, 6.45) is 4.63. The average molecular weight is 443 g/mol. The summed E-state index contributed by atoms with van der Waals surface area (Å²) in [6.45, 7) is 1.37. The molecule has 0 atom stereocenters. The van der Waals surface area contributed by atoms with Gasteiger partial charge in [0.1, 0.15) is 6.54 Å². The van der Waals surface area contributed by atoms with Gasteiger partial charge in [0.2, 0.25) is 0 Å². The maximum atomic E-state index is 13.3. The smallest absolute Gasteiger partial charge is 0.264 e. The molecule has 0 saturated carbocycles. The third kappa shape index (κ3) is 5.22. The minimum atomic E-state index is -4.04. The quantitative estimate of drug-likeness (QED) is 0.448. The summed E-state index contributed by atoms with van der Waals surface area (Å²) in [7, 11) is -4.04. The van der Waals surface area contributed by atoms with Gasteiger partial charge in [0.05, 0.1) is 21.8 Å². The van der Waals surface area contributed by atoms with Crippen LogP contribution in [0.4, 0.5) is 5.69 Å². The first-order chi connectivity index (χ1) is 14.4. The summed E-state index contributed by atoms with van der Waals surface area (Å²) in [5, 5.41) is 4.08. The number of aromatic nitrogens is 1. The molecule has 0 spiro atoms. The molecule has 0 radical (unpaired) electrons. The Morgan fingerprint density at radius 2 is 1.77 bits per heavy atom. The Labute approximate surface area is 180 Å². The highest BCUT2D eigenvalue weighted by Gasteiger charge is 2.28.